The minimum Gasteiger partial charge on any atom is -0.456 e. The summed E-state index contributed by atoms with van der Waals surface area (Å²) in [7, 11) is 4.34. The highest BCUT2D eigenvalue weighted by Crippen LogP contribution is 2.32. The van der Waals surface area contributed by atoms with Crippen molar-refractivity contribution in [1.82, 2.24) is 19.6 Å². The molecule has 0 radical (unpaired) electrons. The van der Waals surface area contributed by atoms with Gasteiger partial charge in [-0.25, -0.2) is 0 Å². The highest BCUT2D eigenvalue weighted by molar-refractivity contribution is 6.04. The average Bonchev–Trinajstić information content (AvgIpc) is 3.49. The minimum absolute atomic E-state index is 0.532. The van der Waals surface area contributed by atoms with Gasteiger partial charge >= 0.3 is 0 Å². The summed E-state index contributed by atoms with van der Waals surface area (Å²) in [4.78, 5) is 19.0. The van der Waals surface area contributed by atoms with E-state index in [1.165, 1.54) is 0 Å². The van der Waals surface area contributed by atoms with Crippen LogP contribution in [0.3, 0.4) is 0 Å². The van der Waals surface area contributed by atoms with Crippen molar-refractivity contribution in [2.75, 3.05) is 92.6 Å². The summed E-state index contributed by atoms with van der Waals surface area (Å²) in [5, 5.41) is 0. The van der Waals surface area contributed by atoms with Gasteiger partial charge in [0.25, 0.3) is 0 Å². The van der Waals surface area contributed by atoms with Crippen LogP contribution in [-0.2, 0) is 0 Å². The Bertz CT molecular complexity index is 1230. The Morgan fingerprint density at radius 2 is 1.00 bits per heavy atom. The number of amidine groups is 2. The van der Waals surface area contributed by atoms with E-state index in [2.05, 4.69) is 33.7 Å². The topological polar surface area (TPSA) is 103 Å². The summed E-state index contributed by atoms with van der Waals surface area (Å²) in [6, 6.07) is 20.0. The zero-order chi connectivity index (χ0) is 28.6. The maximum absolute atomic E-state index is 6.50. The molecule has 0 bridgehead atoms. The summed E-state index contributed by atoms with van der Waals surface area (Å²) in [6.07, 6.45) is 0. The number of likely N-dealkylation sites (N-methyl/N-ethyl adjacent to an activating group) is 2. The zero-order valence-electron chi connectivity index (χ0n) is 24.5. The van der Waals surface area contributed by atoms with E-state index in [-0.39, 0.29) is 0 Å². The van der Waals surface area contributed by atoms with E-state index in [0.717, 1.165) is 99.2 Å². The van der Waals surface area contributed by atoms with Gasteiger partial charge in [-0.1, -0.05) is 48.5 Å². The highest BCUT2D eigenvalue weighted by atomic mass is 16.3. The van der Waals surface area contributed by atoms with Crippen molar-refractivity contribution in [3.05, 3.63) is 71.8 Å². The molecule has 0 unspecified atom stereocenters. The predicted octanol–water partition coefficient (Wildman–Crippen LogP) is 2.52. The molecular formula is C32H44N8O. The van der Waals surface area contributed by atoms with Gasteiger partial charge in [0.2, 0.25) is 0 Å². The summed E-state index contributed by atoms with van der Waals surface area (Å²) in [5.41, 5.74) is 16.6. The quantitative estimate of drug-likeness (QED) is 0.292. The van der Waals surface area contributed by atoms with Crippen LogP contribution in [0.15, 0.2) is 75.1 Å². The Labute approximate surface area is 244 Å². The second-order valence-electron chi connectivity index (χ2n) is 11.1. The lowest BCUT2D eigenvalue weighted by Gasteiger charge is -2.31. The molecule has 41 heavy (non-hydrogen) atoms. The Kier molecular flexibility index (Phi) is 9.84. The lowest BCUT2D eigenvalue weighted by atomic mass is 10.0. The number of nitrogens with zero attached hydrogens (tertiary/aromatic N) is 6. The Morgan fingerprint density at radius 3 is 1.41 bits per heavy atom. The summed E-state index contributed by atoms with van der Waals surface area (Å²) in [6.45, 7) is 11.9. The van der Waals surface area contributed by atoms with Crippen LogP contribution in [0.1, 0.15) is 11.1 Å². The van der Waals surface area contributed by atoms with E-state index in [0.29, 0.717) is 24.8 Å². The number of aliphatic imine (C=N–C) groups is 2. The second-order valence-corrected chi connectivity index (χ2v) is 11.1. The molecule has 9 heteroatoms. The first kappa shape index (κ1) is 29.0. The van der Waals surface area contributed by atoms with Crippen molar-refractivity contribution in [1.29, 1.82) is 0 Å². The molecule has 4 N–H and O–H groups in total. The van der Waals surface area contributed by atoms with Gasteiger partial charge in [0.15, 0.2) is 0 Å². The van der Waals surface area contributed by atoms with Gasteiger partial charge in [-0.15, -0.1) is 0 Å². The van der Waals surface area contributed by atoms with Crippen LogP contribution in [0.4, 0.5) is 0 Å². The molecule has 1 aromatic heterocycles. The smallest absolute Gasteiger partial charge is 0.135 e. The van der Waals surface area contributed by atoms with Crippen molar-refractivity contribution in [2.45, 2.75) is 0 Å². The number of nitrogens with two attached hydrogens (primary N) is 2. The molecule has 0 aliphatic carbocycles. The highest BCUT2D eigenvalue weighted by Gasteiger charge is 2.17. The maximum Gasteiger partial charge on any atom is 0.135 e. The van der Waals surface area contributed by atoms with E-state index >= 15 is 0 Å². The fourth-order valence-electron chi connectivity index (χ4n) is 5.41. The molecule has 0 saturated carbocycles. The molecule has 0 amide bonds. The normalized spacial score (nSPS) is 18.7. The third-order valence-electron chi connectivity index (χ3n) is 8.13. The molecule has 2 aliphatic heterocycles. The van der Waals surface area contributed by atoms with Crippen LogP contribution >= 0.6 is 0 Å². The number of furan rings is 1. The van der Waals surface area contributed by atoms with Crippen molar-refractivity contribution >= 4 is 11.7 Å². The molecule has 9 nitrogen and oxygen atoms in total. The lowest BCUT2D eigenvalue weighted by Crippen LogP contribution is -2.45. The minimum atomic E-state index is 0.532. The van der Waals surface area contributed by atoms with Gasteiger partial charge in [-0.05, 0) is 26.2 Å². The monoisotopic (exact) mass is 556 g/mol. The van der Waals surface area contributed by atoms with E-state index in [1.807, 2.05) is 60.7 Å². The maximum atomic E-state index is 6.50. The van der Waals surface area contributed by atoms with Crippen LogP contribution < -0.4 is 11.5 Å². The number of rotatable bonds is 10. The van der Waals surface area contributed by atoms with Crippen molar-refractivity contribution < 1.29 is 4.42 Å². The molecule has 3 aromatic rings. The van der Waals surface area contributed by atoms with Crippen molar-refractivity contribution in [2.24, 2.45) is 21.5 Å². The SMILES string of the molecule is CN1CCN(CCN=C(N)c2ccccc2-c2ccc(-c3ccccc3C(N)=NCCN3CCN(C)CC3)o2)CC1. The van der Waals surface area contributed by atoms with Crippen molar-refractivity contribution in [3.8, 4) is 22.6 Å². The third kappa shape index (κ3) is 7.62. The standard InChI is InChI=1S/C32H44N8O/c1-37-17-21-39(22-18-37)15-13-35-31(33)27-9-5-3-7-25(27)29-11-12-30(41-29)26-8-4-6-10-28(26)32(34)36-14-16-40-23-19-38(2)20-24-40/h3-12H,13-24H2,1-2H3,(H2,33,35)(H2,34,36). The van der Waals surface area contributed by atoms with Crippen LogP contribution in [-0.4, -0.2) is 124 Å². The third-order valence-corrected chi connectivity index (χ3v) is 8.13. The van der Waals surface area contributed by atoms with E-state index in [1.54, 1.807) is 0 Å². The average molecular weight is 557 g/mol. The molecule has 0 atom stereocenters. The van der Waals surface area contributed by atoms with Gasteiger partial charge in [-0.3, -0.25) is 19.8 Å². The molecule has 3 heterocycles. The van der Waals surface area contributed by atoms with Gasteiger partial charge in [0, 0.05) is 87.7 Å². The molecule has 2 aromatic carbocycles. The van der Waals surface area contributed by atoms with Gasteiger partial charge in [0.05, 0.1) is 13.1 Å². The first-order valence-electron chi connectivity index (χ1n) is 14.7. The first-order chi connectivity index (χ1) is 20.0. The largest absolute Gasteiger partial charge is 0.456 e. The molecular weight excluding hydrogens is 512 g/mol. The van der Waals surface area contributed by atoms with E-state index < -0.39 is 0 Å². The van der Waals surface area contributed by atoms with Gasteiger partial charge in [-0.2, -0.15) is 0 Å². The van der Waals surface area contributed by atoms with Gasteiger partial charge < -0.3 is 25.7 Å². The fourth-order valence-corrected chi connectivity index (χ4v) is 5.41. The number of hydrogen-bond donors (Lipinski definition) is 2. The molecule has 0 spiro atoms. The fraction of sp³-hybridized carbons (Fsp3) is 0.438. The lowest BCUT2D eigenvalue weighted by molar-refractivity contribution is 0.157. The number of hydrogen-bond acceptors (Lipinski definition) is 7. The van der Waals surface area contributed by atoms with Crippen LogP contribution in [0.25, 0.3) is 22.6 Å². The van der Waals surface area contributed by atoms with Crippen LogP contribution in [0, 0.1) is 0 Å². The molecule has 2 saturated heterocycles. The van der Waals surface area contributed by atoms with Crippen LogP contribution in [0.2, 0.25) is 0 Å². The summed E-state index contributed by atoms with van der Waals surface area (Å²) in [5.74, 6) is 2.55. The number of benzene rings is 2. The Morgan fingerprint density at radius 1 is 0.610 bits per heavy atom. The number of piperazine rings is 2. The Hall–Kier alpha value is -3.50. The zero-order valence-corrected chi connectivity index (χ0v) is 24.5. The van der Waals surface area contributed by atoms with E-state index in [4.69, 9.17) is 25.9 Å². The predicted molar refractivity (Wildman–Crippen MR) is 169 cm³/mol. The molecule has 2 aliphatic rings. The molecule has 2 fully saturated rings. The van der Waals surface area contributed by atoms with Crippen LogP contribution in [0.5, 0.6) is 0 Å². The first-order valence-corrected chi connectivity index (χ1v) is 14.7. The molecule has 218 valence electrons. The van der Waals surface area contributed by atoms with Gasteiger partial charge in [0.1, 0.15) is 23.2 Å². The molecule has 5 rings (SSSR count). The van der Waals surface area contributed by atoms with E-state index in [9.17, 15) is 0 Å². The summed E-state index contributed by atoms with van der Waals surface area (Å²) >= 11 is 0. The Balaban J connectivity index is 1.28. The van der Waals surface area contributed by atoms with Crippen molar-refractivity contribution in [3.63, 3.8) is 0 Å². The second kappa shape index (κ2) is 13.9. The summed E-state index contributed by atoms with van der Waals surface area (Å²) < 4.78 is 6.41.